The topological polar surface area (TPSA) is 20.2 Å². The third kappa shape index (κ3) is 3.45. The van der Waals surface area contributed by atoms with E-state index in [2.05, 4.69) is 54.5 Å². The Balaban J connectivity index is 1.51. The molecule has 0 heterocycles. The summed E-state index contributed by atoms with van der Waals surface area (Å²) in [5, 5.41) is 10.8. The predicted molar refractivity (Wildman–Crippen MR) is 128 cm³/mol. The molecule has 0 aromatic heterocycles. The number of allylic oxidation sites excluding steroid dienone is 2. The highest BCUT2D eigenvalue weighted by molar-refractivity contribution is 5.30. The third-order valence-corrected chi connectivity index (χ3v) is 11.2. The maximum atomic E-state index is 10.8. The van der Waals surface area contributed by atoms with E-state index in [1.165, 1.54) is 57.8 Å². The van der Waals surface area contributed by atoms with Crippen LogP contribution in [-0.2, 0) is 0 Å². The molecule has 0 spiro atoms. The fraction of sp³-hybridized carbons (Fsp3) is 0.931. The van der Waals surface area contributed by atoms with Crippen LogP contribution in [0.1, 0.15) is 113 Å². The first-order valence-electron chi connectivity index (χ1n) is 13.4. The summed E-state index contributed by atoms with van der Waals surface area (Å²) < 4.78 is 0. The number of hydrogen-bond donors (Lipinski definition) is 1. The minimum atomic E-state index is -0.109. The Morgan fingerprint density at radius 3 is 2.40 bits per heavy atom. The van der Waals surface area contributed by atoms with Crippen molar-refractivity contribution >= 4 is 0 Å². The lowest BCUT2D eigenvalue weighted by Crippen LogP contribution is -2.58. The van der Waals surface area contributed by atoms with Crippen LogP contribution in [-0.4, -0.2) is 11.2 Å². The van der Waals surface area contributed by atoms with Crippen molar-refractivity contribution in [1.82, 2.24) is 0 Å². The van der Waals surface area contributed by atoms with Gasteiger partial charge in [0.1, 0.15) is 0 Å². The highest BCUT2D eigenvalue weighted by Gasteiger charge is 2.61. The molecule has 4 rings (SSSR count). The van der Waals surface area contributed by atoms with Crippen LogP contribution in [0, 0.1) is 51.8 Å². The lowest BCUT2D eigenvalue weighted by molar-refractivity contribution is -0.156. The average Bonchev–Trinajstić information content (AvgIpc) is 3.02. The van der Waals surface area contributed by atoms with Crippen LogP contribution < -0.4 is 0 Å². The molecule has 0 aromatic carbocycles. The molecule has 0 bridgehead atoms. The lowest BCUT2D eigenvalue weighted by Gasteiger charge is -2.63. The van der Waals surface area contributed by atoms with Gasteiger partial charge in [-0.1, -0.05) is 79.4 Å². The molecule has 0 unspecified atom stereocenters. The van der Waals surface area contributed by atoms with Gasteiger partial charge in [-0.05, 0) is 96.7 Å². The standard InChI is InChI=1S/C29H50O/c1-19(2)9-8-10-20(3)22-12-13-23-21-11-14-25-27(4,5)26(30)16-18-29(25,7)24(21)15-17-28(22,23)6/h13,19-22,24-26,30H,8-12,14-18H2,1-7H3/t20-,21+,22-,24+,25+,26+,28-,29-/m1/s1. The second-order valence-electron chi connectivity index (χ2n) is 13.5. The first kappa shape index (κ1) is 22.9. The maximum Gasteiger partial charge on any atom is 0.0594 e. The summed E-state index contributed by atoms with van der Waals surface area (Å²) in [7, 11) is 0. The Morgan fingerprint density at radius 1 is 0.967 bits per heavy atom. The number of aliphatic hydroxyl groups excluding tert-OH is 1. The van der Waals surface area contributed by atoms with Gasteiger partial charge in [0, 0.05) is 0 Å². The number of hydrogen-bond acceptors (Lipinski definition) is 1. The van der Waals surface area contributed by atoms with Gasteiger partial charge in [0.05, 0.1) is 6.10 Å². The summed E-state index contributed by atoms with van der Waals surface area (Å²) in [5.74, 6) is 4.92. The molecule has 172 valence electrons. The van der Waals surface area contributed by atoms with Crippen LogP contribution in [0.15, 0.2) is 11.6 Å². The van der Waals surface area contributed by atoms with Crippen LogP contribution in [0.4, 0.5) is 0 Å². The summed E-state index contributed by atoms with van der Waals surface area (Å²) in [4.78, 5) is 0. The van der Waals surface area contributed by atoms with E-state index < -0.39 is 0 Å². The zero-order chi connectivity index (χ0) is 21.9. The monoisotopic (exact) mass is 414 g/mol. The first-order valence-corrected chi connectivity index (χ1v) is 13.4. The van der Waals surface area contributed by atoms with E-state index in [1.807, 2.05) is 5.57 Å². The maximum absolute atomic E-state index is 10.8. The van der Waals surface area contributed by atoms with Gasteiger partial charge in [-0.25, -0.2) is 0 Å². The molecule has 1 nitrogen and oxygen atoms in total. The predicted octanol–water partition coefficient (Wildman–Crippen LogP) is 8.02. The van der Waals surface area contributed by atoms with E-state index >= 15 is 0 Å². The normalized spacial score (nSPS) is 46.0. The largest absolute Gasteiger partial charge is 0.393 e. The van der Waals surface area contributed by atoms with Gasteiger partial charge in [-0.3, -0.25) is 0 Å². The molecule has 0 aliphatic heterocycles. The van der Waals surface area contributed by atoms with E-state index in [-0.39, 0.29) is 11.5 Å². The van der Waals surface area contributed by atoms with Crippen molar-refractivity contribution < 1.29 is 5.11 Å². The van der Waals surface area contributed by atoms with Gasteiger partial charge in [0.15, 0.2) is 0 Å². The number of aliphatic hydroxyl groups is 1. The van der Waals surface area contributed by atoms with Crippen LogP contribution in [0.2, 0.25) is 0 Å². The number of rotatable bonds is 5. The van der Waals surface area contributed by atoms with E-state index in [0.717, 1.165) is 36.0 Å². The second kappa shape index (κ2) is 7.93. The molecule has 0 aromatic rings. The molecular weight excluding hydrogens is 364 g/mol. The van der Waals surface area contributed by atoms with Crippen molar-refractivity contribution in [1.29, 1.82) is 0 Å². The molecule has 1 N–H and O–H groups in total. The molecule has 0 radical (unpaired) electrons. The summed E-state index contributed by atoms with van der Waals surface area (Å²) in [6, 6.07) is 0. The Morgan fingerprint density at radius 2 is 1.70 bits per heavy atom. The van der Waals surface area contributed by atoms with Crippen molar-refractivity contribution in [2.45, 2.75) is 119 Å². The number of fused-ring (bicyclic) bond motifs is 5. The Hall–Kier alpha value is -0.300. The summed E-state index contributed by atoms with van der Waals surface area (Å²) in [5.41, 5.74) is 2.85. The minimum Gasteiger partial charge on any atom is -0.393 e. The molecular formula is C29H50O. The quantitative estimate of drug-likeness (QED) is 0.451. The fourth-order valence-corrected chi connectivity index (χ4v) is 9.36. The van der Waals surface area contributed by atoms with E-state index in [0.29, 0.717) is 16.7 Å². The van der Waals surface area contributed by atoms with Crippen LogP contribution >= 0.6 is 0 Å². The van der Waals surface area contributed by atoms with Crippen LogP contribution in [0.3, 0.4) is 0 Å². The molecule has 0 amide bonds. The van der Waals surface area contributed by atoms with Gasteiger partial charge >= 0.3 is 0 Å². The van der Waals surface area contributed by atoms with Gasteiger partial charge in [-0.2, -0.15) is 0 Å². The van der Waals surface area contributed by atoms with Crippen molar-refractivity contribution in [3.8, 4) is 0 Å². The summed E-state index contributed by atoms with van der Waals surface area (Å²) in [6.45, 7) is 17.3. The highest BCUT2D eigenvalue weighted by Crippen LogP contribution is 2.69. The zero-order valence-corrected chi connectivity index (χ0v) is 21.1. The molecule has 30 heavy (non-hydrogen) atoms. The molecule has 3 saturated carbocycles. The van der Waals surface area contributed by atoms with E-state index in [9.17, 15) is 5.11 Å². The molecule has 3 fully saturated rings. The molecule has 4 aliphatic carbocycles. The SMILES string of the molecule is CC(C)CCC[C@@H](C)[C@H]1CC=C2[C@@H]3CC[C@H]4C(C)(C)[C@@H](O)CC[C@]4(C)[C@H]3CC[C@@]21C. The van der Waals surface area contributed by atoms with Gasteiger partial charge in [0.2, 0.25) is 0 Å². The van der Waals surface area contributed by atoms with Crippen molar-refractivity contribution in [3.63, 3.8) is 0 Å². The van der Waals surface area contributed by atoms with Gasteiger partial charge < -0.3 is 5.11 Å². The van der Waals surface area contributed by atoms with Crippen molar-refractivity contribution in [2.24, 2.45) is 51.8 Å². The van der Waals surface area contributed by atoms with Crippen LogP contribution in [0.25, 0.3) is 0 Å². The molecule has 4 aliphatic rings. The van der Waals surface area contributed by atoms with Gasteiger partial charge in [-0.15, -0.1) is 0 Å². The smallest absolute Gasteiger partial charge is 0.0594 e. The summed E-state index contributed by atoms with van der Waals surface area (Å²) >= 11 is 0. The zero-order valence-electron chi connectivity index (χ0n) is 21.1. The Kier molecular flexibility index (Phi) is 6.05. The Bertz CT molecular complexity index is 659. The highest BCUT2D eigenvalue weighted by atomic mass is 16.3. The molecule has 1 heteroatoms. The third-order valence-electron chi connectivity index (χ3n) is 11.2. The first-order chi connectivity index (χ1) is 14.0. The minimum absolute atomic E-state index is 0.0796. The fourth-order valence-electron chi connectivity index (χ4n) is 9.36. The van der Waals surface area contributed by atoms with Gasteiger partial charge in [0.25, 0.3) is 0 Å². The molecule has 0 saturated heterocycles. The lowest BCUT2D eigenvalue weighted by atomic mass is 9.41. The van der Waals surface area contributed by atoms with E-state index in [1.54, 1.807) is 0 Å². The van der Waals surface area contributed by atoms with Crippen molar-refractivity contribution in [2.75, 3.05) is 0 Å². The summed E-state index contributed by atoms with van der Waals surface area (Å²) in [6.07, 6.45) is 15.9. The molecule has 8 atom stereocenters. The second-order valence-corrected chi connectivity index (χ2v) is 13.5. The van der Waals surface area contributed by atoms with Crippen molar-refractivity contribution in [3.05, 3.63) is 11.6 Å². The van der Waals surface area contributed by atoms with E-state index in [4.69, 9.17) is 0 Å². The Labute approximate surface area is 187 Å². The van der Waals surface area contributed by atoms with Crippen LogP contribution in [0.5, 0.6) is 0 Å². The average molecular weight is 415 g/mol.